The van der Waals surface area contributed by atoms with Crippen molar-refractivity contribution in [3.8, 4) is 0 Å². The maximum atomic E-state index is 13.1. The lowest BCUT2D eigenvalue weighted by Crippen LogP contribution is -2.21. The highest BCUT2D eigenvalue weighted by molar-refractivity contribution is 5.65. The molecule has 0 atom stereocenters. The third-order valence-corrected chi connectivity index (χ3v) is 4.22. The van der Waals surface area contributed by atoms with Gasteiger partial charge in [-0.3, -0.25) is 0 Å². The van der Waals surface area contributed by atoms with E-state index in [9.17, 15) is 4.39 Å². The van der Waals surface area contributed by atoms with Gasteiger partial charge in [-0.2, -0.15) is 0 Å². The molecule has 0 radical (unpaired) electrons. The fourth-order valence-electron chi connectivity index (χ4n) is 2.87. The lowest BCUT2D eigenvalue weighted by atomic mass is 10.2. The molecule has 3 aromatic rings. The smallest absolute Gasteiger partial charge is 0.136 e. The average molecular weight is 365 g/mol. The highest BCUT2D eigenvalue weighted by Crippen LogP contribution is 2.23. The second kappa shape index (κ2) is 8.49. The molecule has 140 valence electrons. The van der Waals surface area contributed by atoms with E-state index in [1.54, 1.807) is 12.1 Å². The SMILES string of the molecule is CCN(CC)c1ccc(Nc2cc(Nc3ccc(F)cc3)nc(C)n2)cc1. The third kappa shape index (κ3) is 4.94. The monoisotopic (exact) mass is 365 g/mol. The zero-order valence-corrected chi connectivity index (χ0v) is 15.8. The quantitative estimate of drug-likeness (QED) is 0.598. The van der Waals surface area contributed by atoms with E-state index in [-0.39, 0.29) is 5.82 Å². The molecule has 1 heterocycles. The number of halogens is 1. The minimum atomic E-state index is -0.269. The van der Waals surface area contributed by atoms with Gasteiger partial charge in [0.15, 0.2) is 0 Å². The second-order valence-electron chi connectivity index (χ2n) is 6.16. The van der Waals surface area contributed by atoms with E-state index in [1.165, 1.54) is 17.8 Å². The van der Waals surface area contributed by atoms with E-state index in [0.717, 1.165) is 24.5 Å². The van der Waals surface area contributed by atoms with E-state index in [4.69, 9.17) is 0 Å². The number of aromatic nitrogens is 2. The Morgan fingerprint density at radius 3 is 1.78 bits per heavy atom. The summed E-state index contributed by atoms with van der Waals surface area (Å²) in [6, 6.07) is 16.3. The zero-order valence-electron chi connectivity index (χ0n) is 15.8. The molecule has 0 fully saturated rings. The van der Waals surface area contributed by atoms with Crippen LogP contribution < -0.4 is 15.5 Å². The molecule has 0 saturated heterocycles. The molecule has 0 aliphatic rings. The van der Waals surface area contributed by atoms with Gasteiger partial charge < -0.3 is 15.5 Å². The number of rotatable bonds is 7. The molecule has 6 heteroatoms. The summed E-state index contributed by atoms with van der Waals surface area (Å²) >= 11 is 0. The Morgan fingerprint density at radius 1 is 0.815 bits per heavy atom. The Morgan fingerprint density at radius 2 is 1.30 bits per heavy atom. The van der Waals surface area contributed by atoms with Gasteiger partial charge >= 0.3 is 0 Å². The molecule has 0 amide bonds. The first-order chi connectivity index (χ1) is 13.1. The summed E-state index contributed by atoms with van der Waals surface area (Å²) in [6.07, 6.45) is 0. The molecule has 2 N–H and O–H groups in total. The van der Waals surface area contributed by atoms with Crippen LogP contribution in [0.15, 0.2) is 54.6 Å². The zero-order chi connectivity index (χ0) is 19.2. The first-order valence-corrected chi connectivity index (χ1v) is 9.07. The van der Waals surface area contributed by atoms with E-state index in [2.05, 4.69) is 51.5 Å². The Kier molecular flexibility index (Phi) is 5.86. The van der Waals surface area contributed by atoms with E-state index >= 15 is 0 Å². The molecule has 0 spiro atoms. The number of aryl methyl sites for hydroxylation is 1. The second-order valence-corrected chi connectivity index (χ2v) is 6.16. The van der Waals surface area contributed by atoms with Crippen LogP contribution in [0.3, 0.4) is 0 Å². The number of benzene rings is 2. The molecule has 0 aliphatic heterocycles. The Balaban J connectivity index is 1.75. The summed E-state index contributed by atoms with van der Waals surface area (Å²) in [4.78, 5) is 11.1. The average Bonchev–Trinajstić information content (AvgIpc) is 2.65. The third-order valence-electron chi connectivity index (χ3n) is 4.22. The van der Waals surface area contributed by atoms with Crippen LogP contribution in [-0.4, -0.2) is 23.1 Å². The van der Waals surface area contributed by atoms with Crippen molar-refractivity contribution in [2.45, 2.75) is 20.8 Å². The Bertz CT molecular complexity index is 874. The van der Waals surface area contributed by atoms with Gasteiger partial charge in [-0.25, -0.2) is 14.4 Å². The maximum absolute atomic E-state index is 13.1. The van der Waals surface area contributed by atoms with Crippen LogP contribution in [0.4, 0.5) is 33.1 Å². The van der Waals surface area contributed by atoms with Crippen molar-refractivity contribution in [3.63, 3.8) is 0 Å². The molecular formula is C21H24FN5. The van der Waals surface area contributed by atoms with Gasteiger partial charge in [-0.1, -0.05) is 0 Å². The van der Waals surface area contributed by atoms with Crippen LogP contribution in [-0.2, 0) is 0 Å². The van der Waals surface area contributed by atoms with Crippen molar-refractivity contribution >= 4 is 28.7 Å². The van der Waals surface area contributed by atoms with Crippen LogP contribution in [0.1, 0.15) is 19.7 Å². The number of nitrogens with one attached hydrogen (secondary N) is 2. The fraction of sp³-hybridized carbons (Fsp3) is 0.238. The minimum Gasteiger partial charge on any atom is -0.372 e. The van der Waals surface area contributed by atoms with Crippen LogP contribution >= 0.6 is 0 Å². The largest absolute Gasteiger partial charge is 0.372 e. The standard InChI is InChI=1S/C21H24FN5/c1-4-27(5-2)19-12-10-18(11-13-19)26-21-14-20(23-15(3)24-21)25-17-8-6-16(22)7-9-17/h6-14H,4-5H2,1-3H3,(H2,23,24,25,26). The molecule has 27 heavy (non-hydrogen) atoms. The van der Waals surface area contributed by atoms with E-state index in [1.807, 2.05) is 25.1 Å². The molecule has 0 aliphatic carbocycles. The van der Waals surface area contributed by atoms with Crippen molar-refractivity contribution in [1.82, 2.24) is 9.97 Å². The summed E-state index contributed by atoms with van der Waals surface area (Å²) in [5.41, 5.74) is 2.92. The lowest BCUT2D eigenvalue weighted by Gasteiger charge is -2.21. The van der Waals surface area contributed by atoms with Gasteiger partial charge in [0.2, 0.25) is 0 Å². The van der Waals surface area contributed by atoms with Crippen molar-refractivity contribution in [2.24, 2.45) is 0 Å². The number of nitrogens with zero attached hydrogens (tertiary/aromatic N) is 3. The molecule has 5 nitrogen and oxygen atoms in total. The van der Waals surface area contributed by atoms with Crippen LogP contribution in [0, 0.1) is 12.7 Å². The molecule has 2 aromatic carbocycles. The Hall–Kier alpha value is -3.15. The van der Waals surface area contributed by atoms with E-state index < -0.39 is 0 Å². The summed E-state index contributed by atoms with van der Waals surface area (Å²) in [5.74, 6) is 1.72. The first-order valence-electron chi connectivity index (χ1n) is 9.07. The summed E-state index contributed by atoms with van der Waals surface area (Å²) in [6.45, 7) is 8.09. The number of hydrogen-bond donors (Lipinski definition) is 2. The Labute approximate surface area is 159 Å². The molecule has 0 unspecified atom stereocenters. The summed E-state index contributed by atoms with van der Waals surface area (Å²) in [7, 11) is 0. The van der Waals surface area contributed by atoms with Crippen LogP contribution in [0.25, 0.3) is 0 Å². The van der Waals surface area contributed by atoms with Gasteiger partial charge in [0.25, 0.3) is 0 Å². The molecule has 3 rings (SSSR count). The van der Waals surface area contributed by atoms with Crippen molar-refractivity contribution in [2.75, 3.05) is 28.6 Å². The molecule has 1 aromatic heterocycles. The minimum absolute atomic E-state index is 0.269. The maximum Gasteiger partial charge on any atom is 0.136 e. The highest BCUT2D eigenvalue weighted by Gasteiger charge is 2.05. The van der Waals surface area contributed by atoms with Crippen molar-refractivity contribution < 1.29 is 4.39 Å². The number of anilines is 5. The van der Waals surface area contributed by atoms with Crippen molar-refractivity contribution in [3.05, 3.63) is 66.2 Å². The lowest BCUT2D eigenvalue weighted by molar-refractivity contribution is 0.628. The van der Waals surface area contributed by atoms with Gasteiger partial charge in [0.05, 0.1) is 0 Å². The van der Waals surface area contributed by atoms with Gasteiger partial charge in [-0.15, -0.1) is 0 Å². The van der Waals surface area contributed by atoms with Crippen LogP contribution in [0.2, 0.25) is 0 Å². The van der Waals surface area contributed by atoms with Gasteiger partial charge in [0.1, 0.15) is 23.3 Å². The first kappa shape index (κ1) is 18.6. The summed E-state index contributed by atoms with van der Waals surface area (Å²) < 4.78 is 13.1. The molecule has 0 saturated carbocycles. The number of hydrogen-bond acceptors (Lipinski definition) is 5. The van der Waals surface area contributed by atoms with Crippen LogP contribution in [0.5, 0.6) is 0 Å². The molecule has 0 bridgehead atoms. The normalized spacial score (nSPS) is 10.5. The predicted molar refractivity (Wildman–Crippen MR) is 110 cm³/mol. The highest BCUT2D eigenvalue weighted by atomic mass is 19.1. The fourth-order valence-corrected chi connectivity index (χ4v) is 2.87. The van der Waals surface area contributed by atoms with Crippen molar-refractivity contribution in [1.29, 1.82) is 0 Å². The summed E-state index contributed by atoms with van der Waals surface area (Å²) in [5, 5.41) is 6.49. The molecular weight excluding hydrogens is 341 g/mol. The van der Waals surface area contributed by atoms with E-state index in [0.29, 0.717) is 17.5 Å². The van der Waals surface area contributed by atoms with Gasteiger partial charge in [-0.05, 0) is 69.3 Å². The topological polar surface area (TPSA) is 53.1 Å². The van der Waals surface area contributed by atoms with Gasteiger partial charge in [0, 0.05) is 36.2 Å². The predicted octanol–water partition coefficient (Wildman–Crippen LogP) is 5.26.